The molecule has 154 valence electrons. The molecule has 1 atom stereocenters. The standard InChI is InChI=1S/C20H24BCl2N3O3/c1-12-5-7-14(10-16(12)22)21(15-8-6-13(2)17(23)11-15)29-19(27)18(24)4-3-9-26-20(25)28/h5-8,10-11,18H,3-4,9,24H2,1-2H3,(H3,25,26,28). The first-order valence-electron chi connectivity index (χ1n) is 9.20. The largest absolute Gasteiger partial charge is 0.525 e. The maximum absolute atomic E-state index is 12.6. The number of benzene rings is 2. The van der Waals surface area contributed by atoms with Crippen molar-refractivity contribution in [1.82, 2.24) is 5.32 Å². The van der Waals surface area contributed by atoms with Gasteiger partial charge in [0.25, 0.3) is 0 Å². The van der Waals surface area contributed by atoms with E-state index in [9.17, 15) is 9.59 Å². The van der Waals surface area contributed by atoms with Gasteiger partial charge in [-0.05, 0) is 60.9 Å². The molecule has 1 unspecified atom stereocenters. The summed E-state index contributed by atoms with van der Waals surface area (Å²) in [4.78, 5) is 23.3. The summed E-state index contributed by atoms with van der Waals surface area (Å²) in [6.45, 7) is 3.42. The van der Waals surface area contributed by atoms with Crippen molar-refractivity contribution >= 4 is 53.0 Å². The number of hydrogen-bond donors (Lipinski definition) is 3. The molecule has 0 heterocycles. The van der Waals surface area contributed by atoms with E-state index in [1.807, 2.05) is 38.1 Å². The topological polar surface area (TPSA) is 107 Å². The second-order valence-electron chi connectivity index (χ2n) is 6.87. The van der Waals surface area contributed by atoms with Gasteiger partial charge in [0.2, 0.25) is 0 Å². The lowest BCUT2D eigenvalue weighted by atomic mass is 9.55. The fraction of sp³-hybridized carbons (Fsp3) is 0.300. The molecule has 0 aliphatic carbocycles. The number of halogens is 2. The minimum absolute atomic E-state index is 0.334. The zero-order valence-corrected chi connectivity index (χ0v) is 17.9. The third-order valence-electron chi connectivity index (χ3n) is 4.53. The van der Waals surface area contributed by atoms with E-state index in [4.69, 9.17) is 39.3 Å². The maximum atomic E-state index is 12.6. The Morgan fingerprint density at radius 1 is 1.07 bits per heavy atom. The minimum Gasteiger partial charge on any atom is -0.525 e. The number of aryl methyl sites for hydroxylation is 2. The van der Waals surface area contributed by atoms with E-state index >= 15 is 0 Å². The Labute approximate surface area is 181 Å². The molecule has 0 spiro atoms. The maximum Gasteiger partial charge on any atom is 0.429 e. The lowest BCUT2D eigenvalue weighted by Gasteiger charge is -2.19. The molecule has 2 rings (SSSR count). The number of nitrogens with two attached hydrogens (primary N) is 2. The molecule has 29 heavy (non-hydrogen) atoms. The highest BCUT2D eigenvalue weighted by atomic mass is 35.5. The van der Waals surface area contributed by atoms with Gasteiger partial charge in [-0.2, -0.15) is 0 Å². The fourth-order valence-corrected chi connectivity index (χ4v) is 3.11. The highest BCUT2D eigenvalue weighted by molar-refractivity contribution is 6.81. The molecule has 2 aromatic rings. The van der Waals surface area contributed by atoms with E-state index in [1.165, 1.54) is 0 Å². The van der Waals surface area contributed by atoms with Crippen molar-refractivity contribution < 1.29 is 14.2 Å². The Balaban J connectivity index is 2.20. The van der Waals surface area contributed by atoms with E-state index in [2.05, 4.69) is 5.32 Å². The molecule has 0 aliphatic rings. The van der Waals surface area contributed by atoms with Crippen LogP contribution in [0.3, 0.4) is 0 Å². The SMILES string of the molecule is Cc1ccc(B(OC(=O)C(N)CCCNC(N)=O)c2ccc(C)c(Cl)c2)cc1Cl. The van der Waals surface area contributed by atoms with Crippen LogP contribution in [0, 0.1) is 13.8 Å². The molecule has 2 aromatic carbocycles. The molecule has 0 radical (unpaired) electrons. The number of nitrogens with one attached hydrogen (secondary N) is 1. The highest BCUT2D eigenvalue weighted by Gasteiger charge is 2.29. The average molecular weight is 436 g/mol. The highest BCUT2D eigenvalue weighted by Crippen LogP contribution is 2.15. The number of carbonyl (C=O) groups is 2. The third-order valence-corrected chi connectivity index (χ3v) is 5.34. The normalized spacial score (nSPS) is 11.6. The molecule has 2 amide bonds. The van der Waals surface area contributed by atoms with Crippen molar-refractivity contribution in [2.45, 2.75) is 32.7 Å². The Kier molecular flexibility index (Phi) is 8.38. The number of urea groups is 1. The Hall–Kier alpha value is -2.22. The summed E-state index contributed by atoms with van der Waals surface area (Å²) in [6, 6.07) is 9.52. The van der Waals surface area contributed by atoms with Gasteiger partial charge in [0.05, 0.1) is 0 Å². The molecule has 0 aromatic heterocycles. The van der Waals surface area contributed by atoms with Crippen LogP contribution < -0.4 is 27.7 Å². The Morgan fingerprint density at radius 2 is 1.59 bits per heavy atom. The first-order valence-corrected chi connectivity index (χ1v) is 9.96. The molecule has 0 bridgehead atoms. The Morgan fingerprint density at radius 3 is 2.03 bits per heavy atom. The van der Waals surface area contributed by atoms with Crippen LogP contribution in [0.15, 0.2) is 36.4 Å². The first-order chi connectivity index (χ1) is 13.7. The van der Waals surface area contributed by atoms with Gasteiger partial charge in [-0.1, -0.05) is 47.5 Å². The summed E-state index contributed by atoms with van der Waals surface area (Å²) >= 11 is 12.6. The van der Waals surface area contributed by atoms with Crippen molar-refractivity contribution in [2.75, 3.05) is 6.54 Å². The van der Waals surface area contributed by atoms with Crippen LogP contribution in [0.2, 0.25) is 10.0 Å². The summed E-state index contributed by atoms with van der Waals surface area (Å²) in [5, 5.41) is 3.60. The zero-order valence-electron chi connectivity index (χ0n) is 16.4. The summed E-state index contributed by atoms with van der Waals surface area (Å²) < 4.78 is 5.76. The van der Waals surface area contributed by atoms with E-state index < -0.39 is 25.0 Å². The molecule has 0 saturated carbocycles. The van der Waals surface area contributed by atoms with Crippen LogP contribution in [0.4, 0.5) is 4.79 Å². The second kappa shape index (κ2) is 10.5. The number of amides is 2. The van der Waals surface area contributed by atoms with Crippen LogP contribution >= 0.6 is 23.2 Å². The van der Waals surface area contributed by atoms with Crippen molar-refractivity contribution in [3.05, 3.63) is 57.6 Å². The van der Waals surface area contributed by atoms with Crippen molar-refractivity contribution in [1.29, 1.82) is 0 Å². The van der Waals surface area contributed by atoms with Crippen molar-refractivity contribution in [2.24, 2.45) is 11.5 Å². The Bertz CT molecular complexity index is 844. The third kappa shape index (κ3) is 6.66. The van der Waals surface area contributed by atoms with Crippen molar-refractivity contribution in [3.8, 4) is 0 Å². The van der Waals surface area contributed by atoms with Gasteiger partial charge in [0, 0.05) is 16.6 Å². The second-order valence-corrected chi connectivity index (χ2v) is 7.69. The van der Waals surface area contributed by atoms with Gasteiger partial charge in [-0.25, -0.2) is 4.79 Å². The van der Waals surface area contributed by atoms with Crippen LogP contribution in [0.1, 0.15) is 24.0 Å². The molecule has 9 heteroatoms. The minimum atomic E-state index is -0.839. The molecule has 0 aliphatic heterocycles. The van der Waals surface area contributed by atoms with Crippen molar-refractivity contribution in [3.63, 3.8) is 0 Å². The van der Waals surface area contributed by atoms with Gasteiger partial charge in [-0.3, -0.25) is 4.79 Å². The average Bonchev–Trinajstić information content (AvgIpc) is 2.67. The smallest absolute Gasteiger partial charge is 0.429 e. The van der Waals surface area contributed by atoms with E-state index in [0.717, 1.165) is 22.1 Å². The predicted molar refractivity (Wildman–Crippen MR) is 118 cm³/mol. The van der Waals surface area contributed by atoms with Crippen LogP contribution in [-0.2, 0) is 9.45 Å². The van der Waals surface area contributed by atoms with Gasteiger partial charge in [-0.15, -0.1) is 0 Å². The molecular weight excluding hydrogens is 412 g/mol. The summed E-state index contributed by atoms with van der Waals surface area (Å²) in [5.41, 5.74) is 14.3. The molecule has 0 fully saturated rings. The van der Waals surface area contributed by atoms with E-state index in [1.54, 1.807) is 12.1 Å². The van der Waals surface area contributed by atoms with E-state index in [0.29, 0.717) is 29.4 Å². The molecule has 6 nitrogen and oxygen atoms in total. The quantitative estimate of drug-likeness (QED) is 0.435. The zero-order chi connectivity index (χ0) is 21.6. The van der Waals surface area contributed by atoms with Crippen LogP contribution in [0.25, 0.3) is 0 Å². The first kappa shape index (κ1) is 23.1. The molecular formula is C20H24BCl2N3O3. The van der Waals surface area contributed by atoms with Crippen LogP contribution in [-0.4, -0.2) is 31.5 Å². The van der Waals surface area contributed by atoms with Gasteiger partial charge < -0.3 is 21.4 Å². The van der Waals surface area contributed by atoms with Gasteiger partial charge in [0.15, 0.2) is 0 Å². The van der Waals surface area contributed by atoms with Crippen LogP contribution in [0.5, 0.6) is 0 Å². The number of rotatable bonds is 8. The molecule has 5 N–H and O–H groups in total. The van der Waals surface area contributed by atoms with Gasteiger partial charge >= 0.3 is 18.9 Å². The summed E-state index contributed by atoms with van der Waals surface area (Å²) in [5.74, 6) is -0.553. The van der Waals surface area contributed by atoms with Gasteiger partial charge in [0.1, 0.15) is 6.04 Å². The monoisotopic (exact) mass is 435 g/mol. The lowest BCUT2D eigenvalue weighted by molar-refractivity contribution is -0.136. The number of carbonyl (C=O) groups excluding carboxylic acids is 2. The molecule has 0 saturated heterocycles. The lowest BCUT2D eigenvalue weighted by Crippen LogP contribution is -2.49. The number of primary amides is 1. The fourth-order valence-electron chi connectivity index (χ4n) is 2.73. The summed E-state index contributed by atoms with van der Waals surface area (Å²) in [6.07, 6.45) is 0.839. The number of hydrogen-bond acceptors (Lipinski definition) is 4. The predicted octanol–water partition coefficient (Wildman–Crippen LogP) is 2.03. The van der Waals surface area contributed by atoms with E-state index in [-0.39, 0.29) is 0 Å². The summed E-state index contributed by atoms with van der Waals surface area (Å²) in [7, 11) is 0.